The fraction of sp³-hybridized carbons (Fsp3) is 0.600. The molecule has 0 radical (unpaired) electrons. The van der Waals surface area contributed by atoms with Crippen molar-refractivity contribution in [3.63, 3.8) is 0 Å². The van der Waals surface area contributed by atoms with Gasteiger partial charge in [0.15, 0.2) is 0 Å². The van der Waals surface area contributed by atoms with E-state index < -0.39 is 0 Å². The Bertz CT molecular complexity index is 327. The lowest BCUT2D eigenvalue weighted by Gasteiger charge is -2.16. The van der Waals surface area contributed by atoms with Gasteiger partial charge in [-0.15, -0.1) is 0 Å². The summed E-state index contributed by atoms with van der Waals surface area (Å²) in [5.41, 5.74) is 2.34. The minimum Gasteiger partial charge on any atom is -0.387 e. The molecule has 0 saturated heterocycles. The lowest BCUT2D eigenvalue weighted by Crippen LogP contribution is -2.30. The van der Waals surface area contributed by atoms with Crippen LogP contribution in [0.15, 0.2) is 24.3 Å². The smallest absolute Gasteiger partial charge is 0.0914 e. The Morgan fingerprint density at radius 3 is 2.47 bits per heavy atom. The van der Waals surface area contributed by atoms with Gasteiger partial charge in [-0.05, 0) is 30.4 Å². The van der Waals surface area contributed by atoms with E-state index in [-0.39, 0.29) is 6.10 Å². The van der Waals surface area contributed by atoms with Gasteiger partial charge in [0.05, 0.1) is 6.10 Å². The van der Waals surface area contributed by atoms with Gasteiger partial charge in [0.2, 0.25) is 0 Å². The number of rotatable bonds is 5. The van der Waals surface area contributed by atoms with E-state index in [1.165, 1.54) is 31.2 Å². The summed E-state index contributed by atoms with van der Waals surface area (Å²) in [6, 6.07) is 8.92. The second-order valence-electron chi connectivity index (χ2n) is 5.00. The van der Waals surface area contributed by atoms with Gasteiger partial charge in [-0.25, -0.2) is 0 Å². The van der Waals surface area contributed by atoms with Crippen LogP contribution in [0.1, 0.15) is 49.8 Å². The van der Waals surface area contributed by atoms with Crippen molar-refractivity contribution in [2.24, 2.45) is 0 Å². The molecule has 0 aliphatic heterocycles. The van der Waals surface area contributed by atoms with Crippen molar-refractivity contribution < 1.29 is 5.11 Å². The maximum Gasteiger partial charge on any atom is 0.0914 e. The Kier molecular flexibility index (Phi) is 4.57. The number of hydrogen-bond acceptors (Lipinski definition) is 2. The van der Waals surface area contributed by atoms with Crippen LogP contribution >= 0.6 is 0 Å². The monoisotopic (exact) mass is 233 g/mol. The number of aliphatic hydroxyl groups is 1. The Hall–Kier alpha value is -0.860. The number of nitrogens with one attached hydrogen (secondary N) is 1. The molecular weight excluding hydrogens is 210 g/mol. The quantitative estimate of drug-likeness (QED) is 0.819. The molecule has 1 saturated carbocycles. The molecular formula is C15H23NO. The van der Waals surface area contributed by atoms with Crippen LogP contribution in [0.4, 0.5) is 0 Å². The minimum absolute atomic E-state index is 0.374. The predicted molar refractivity (Wildman–Crippen MR) is 71.0 cm³/mol. The molecule has 0 heterocycles. The normalized spacial score (nSPS) is 18.5. The van der Waals surface area contributed by atoms with Crippen LogP contribution in [0, 0.1) is 0 Å². The van der Waals surface area contributed by atoms with Crippen LogP contribution in [-0.2, 0) is 6.42 Å². The van der Waals surface area contributed by atoms with Gasteiger partial charge in [0.1, 0.15) is 0 Å². The van der Waals surface area contributed by atoms with E-state index in [1.54, 1.807) is 0 Å². The van der Waals surface area contributed by atoms with Crippen molar-refractivity contribution in [2.45, 2.75) is 51.2 Å². The highest BCUT2D eigenvalue weighted by Crippen LogP contribution is 2.19. The molecule has 0 spiro atoms. The van der Waals surface area contributed by atoms with Crippen molar-refractivity contribution in [3.8, 4) is 0 Å². The molecule has 1 aliphatic rings. The van der Waals surface area contributed by atoms with Crippen molar-refractivity contribution in [2.75, 3.05) is 6.54 Å². The number of aryl methyl sites for hydroxylation is 1. The summed E-state index contributed by atoms with van der Waals surface area (Å²) in [6.45, 7) is 2.82. The van der Waals surface area contributed by atoms with E-state index in [0.29, 0.717) is 12.6 Å². The molecule has 17 heavy (non-hydrogen) atoms. The lowest BCUT2D eigenvalue weighted by atomic mass is 10.1. The van der Waals surface area contributed by atoms with Gasteiger partial charge in [-0.3, -0.25) is 0 Å². The third-order valence-electron chi connectivity index (χ3n) is 3.73. The molecule has 0 amide bonds. The summed E-state index contributed by atoms with van der Waals surface area (Å²) in [5, 5.41) is 13.5. The van der Waals surface area contributed by atoms with E-state index in [9.17, 15) is 5.11 Å². The van der Waals surface area contributed by atoms with Crippen molar-refractivity contribution in [1.29, 1.82) is 0 Å². The lowest BCUT2D eigenvalue weighted by molar-refractivity contribution is 0.170. The minimum atomic E-state index is -0.374. The zero-order valence-corrected chi connectivity index (χ0v) is 10.7. The first kappa shape index (κ1) is 12.6. The molecule has 0 bridgehead atoms. The first-order valence-corrected chi connectivity index (χ1v) is 6.80. The summed E-state index contributed by atoms with van der Waals surface area (Å²) in [5.74, 6) is 0. The largest absolute Gasteiger partial charge is 0.387 e. The van der Waals surface area contributed by atoms with Crippen molar-refractivity contribution in [1.82, 2.24) is 5.32 Å². The Labute approximate surface area is 104 Å². The van der Waals surface area contributed by atoms with Crippen molar-refractivity contribution in [3.05, 3.63) is 35.4 Å². The molecule has 2 rings (SSSR count). The molecule has 0 aromatic heterocycles. The Balaban J connectivity index is 1.83. The number of aliphatic hydroxyl groups excluding tert-OH is 1. The molecule has 2 N–H and O–H groups in total. The molecule has 94 valence electrons. The molecule has 1 aromatic rings. The van der Waals surface area contributed by atoms with Crippen LogP contribution < -0.4 is 5.32 Å². The fourth-order valence-corrected chi connectivity index (χ4v) is 2.50. The highest BCUT2D eigenvalue weighted by Gasteiger charge is 2.16. The van der Waals surface area contributed by atoms with E-state index in [4.69, 9.17) is 0 Å². The van der Waals surface area contributed by atoms with Crippen LogP contribution in [0.25, 0.3) is 0 Å². The summed E-state index contributed by atoms with van der Waals surface area (Å²) >= 11 is 0. The molecule has 2 nitrogen and oxygen atoms in total. The standard InChI is InChI=1S/C15H23NO/c1-2-12-7-9-13(10-8-12)15(17)11-16-14-5-3-4-6-14/h7-10,14-17H,2-6,11H2,1H3. The van der Waals surface area contributed by atoms with Crippen LogP contribution in [0.3, 0.4) is 0 Å². The second kappa shape index (κ2) is 6.18. The summed E-state index contributed by atoms with van der Waals surface area (Å²) in [4.78, 5) is 0. The van der Waals surface area contributed by atoms with E-state index in [2.05, 4.69) is 24.4 Å². The maximum atomic E-state index is 10.1. The molecule has 1 aromatic carbocycles. The molecule has 2 heteroatoms. The van der Waals surface area contributed by atoms with Crippen LogP contribution in [0.5, 0.6) is 0 Å². The first-order chi connectivity index (χ1) is 8.29. The van der Waals surface area contributed by atoms with Crippen LogP contribution in [0.2, 0.25) is 0 Å². The maximum absolute atomic E-state index is 10.1. The van der Waals surface area contributed by atoms with Crippen LogP contribution in [-0.4, -0.2) is 17.7 Å². The molecule has 1 unspecified atom stereocenters. The SMILES string of the molecule is CCc1ccc(C(O)CNC2CCCC2)cc1. The number of benzene rings is 1. The zero-order valence-electron chi connectivity index (χ0n) is 10.7. The Morgan fingerprint density at radius 1 is 1.24 bits per heavy atom. The van der Waals surface area contributed by atoms with Gasteiger partial charge in [0, 0.05) is 12.6 Å². The molecule has 1 atom stereocenters. The van der Waals surface area contributed by atoms with Gasteiger partial charge >= 0.3 is 0 Å². The van der Waals surface area contributed by atoms with Crippen molar-refractivity contribution >= 4 is 0 Å². The van der Waals surface area contributed by atoms with Gasteiger partial charge in [-0.1, -0.05) is 44.0 Å². The van der Waals surface area contributed by atoms with Gasteiger partial charge in [-0.2, -0.15) is 0 Å². The second-order valence-corrected chi connectivity index (χ2v) is 5.00. The Morgan fingerprint density at radius 2 is 1.88 bits per heavy atom. The summed E-state index contributed by atoms with van der Waals surface area (Å²) in [6.07, 6.45) is 5.87. The average Bonchev–Trinajstić information content (AvgIpc) is 2.89. The summed E-state index contributed by atoms with van der Waals surface area (Å²) < 4.78 is 0. The van der Waals surface area contributed by atoms with E-state index >= 15 is 0 Å². The average molecular weight is 233 g/mol. The third kappa shape index (κ3) is 3.55. The zero-order chi connectivity index (χ0) is 12.1. The predicted octanol–water partition coefficient (Wildman–Crippen LogP) is 2.81. The van der Waals surface area contributed by atoms with Gasteiger partial charge < -0.3 is 10.4 Å². The summed E-state index contributed by atoms with van der Waals surface area (Å²) in [7, 11) is 0. The fourth-order valence-electron chi connectivity index (χ4n) is 2.50. The first-order valence-electron chi connectivity index (χ1n) is 6.80. The number of hydrogen-bond donors (Lipinski definition) is 2. The van der Waals surface area contributed by atoms with E-state index in [1.807, 2.05) is 12.1 Å². The van der Waals surface area contributed by atoms with Gasteiger partial charge in [0.25, 0.3) is 0 Å². The topological polar surface area (TPSA) is 32.3 Å². The highest BCUT2D eigenvalue weighted by molar-refractivity contribution is 5.24. The highest BCUT2D eigenvalue weighted by atomic mass is 16.3. The molecule has 1 aliphatic carbocycles. The molecule has 1 fully saturated rings. The van der Waals surface area contributed by atoms with E-state index in [0.717, 1.165) is 12.0 Å². The third-order valence-corrected chi connectivity index (χ3v) is 3.73.